The number of halogens is 5. The predicted octanol–water partition coefficient (Wildman–Crippen LogP) is 5.25. The molecule has 3 heterocycles. The molecule has 2 unspecified atom stereocenters. The predicted molar refractivity (Wildman–Crippen MR) is 142 cm³/mol. The quantitative estimate of drug-likeness (QED) is 0.257. The van der Waals surface area contributed by atoms with Gasteiger partial charge in [0.2, 0.25) is 5.91 Å². The van der Waals surface area contributed by atoms with E-state index in [-0.39, 0.29) is 74.5 Å². The molecule has 1 saturated carbocycles. The molecule has 0 bridgehead atoms. The molecule has 4 aromatic rings. The molecule has 2 aromatic heterocycles. The van der Waals surface area contributed by atoms with Crippen LogP contribution in [0.5, 0.6) is 6.01 Å². The minimum absolute atomic E-state index is 0.0303. The maximum absolute atomic E-state index is 16.5. The van der Waals surface area contributed by atoms with Crippen molar-refractivity contribution in [2.45, 2.75) is 24.7 Å². The van der Waals surface area contributed by atoms with Crippen LogP contribution in [0.15, 0.2) is 30.9 Å². The third-order valence-electron chi connectivity index (χ3n) is 7.41. The first-order valence-corrected chi connectivity index (χ1v) is 13.1. The number of carbonyl (C=O) groups is 1. The molecule has 2 aromatic carbocycles. The first-order valence-electron chi connectivity index (χ1n) is 12.3. The molecule has 8 nitrogen and oxygen atoms in total. The van der Waals surface area contributed by atoms with E-state index in [1.807, 2.05) is 0 Å². The first-order chi connectivity index (χ1) is 19.5. The lowest BCUT2D eigenvalue weighted by atomic mass is 9.92. The van der Waals surface area contributed by atoms with Gasteiger partial charge in [0.1, 0.15) is 28.2 Å². The molecule has 1 aliphatic heterocycles. The fraction of sp³-hybridized carbons (Fsp3) is 0.259. The Hall–Kier alpha value is -4.51. The van der Waals surface area contributed by atoms with Crippen LogP contribution in [0, 0.1) is 23.0 Å². The Morgan fingerprint density at radius 2 is 2.02 bits per heavy atom. The van der Waals surface area contributed by atoms with Crippen molar-refractivity contribution in [1.29, 1.82) is 5.26 Å². The van der Waals surface area contributed by atoms with Crippen molar-refractivity contribution >= 4 is 49.1 Å². The van der Waals surface area contributed by atoms with Crippen molar-refractivity contribution < 1.29 is 31.5 Å². The number of methoxy groups -OCH3 is 1. The van der Waals surface area contributed by atoms with E-state index in [9.17, 15) is 27.6 Å². The van der Waals surface area contributed by atoms with E-state index >= 15 is 4.39 Å². The van der Waals surface area contributed by atoms with Crippen molar-refractivity contribution in [2.75, 3.05) is 30.8 Å². The van der Waals surface area contributed by atoms with Gasteiger partial charge in [-0.2, -0.15) is 28.4 Å². The SMILES string of the molecule is C=CC(=O)N1CCN(c2nc(OC)nc3c(F)c(-c4ccc(F)c5sc(N)c(C#N)c45)c(C(F)(F)F)cc23)C2CC21. The van der Waals surface area contributed by atoms with Crippen LogP contribution in [0.25, 0.3) is 32.1 Å². The number of rotatable bonds is 4. The number of hydrogen-bond donors (Lipinski definition) is 1. The van der Waals surface area contributed by atoms with Crippen LogP contribution < -0.4 is 15.4 Å². The van der Waals surface area contributed by atoms with Crippen molar-refractivity contribution in [1.82, 2.24) is 14.9 Å². The number of amides is 1. The molecule has 6 rings (SSSR count). The molecule has 2 atom stereocenters. The van der Waals surface area contributed by atoms with Gasteiger partial charge in [-0.05, 0) is 30.2 Å². The van der Waals surface area contributed by atoms with Crippen LogP contribution >= 0.6 is 11.3 Å². The first kappa shape index (κ1) is 26.7. The molecule has 210 valence electrons. The summed E-state index contributed by atoms with van der Waals surface area (Å²) < 4.78 is 80.0. The third kappa shape index (κ3) is 4.02. The van der Waals surface area contributed by atoms with E-state index in [1.165, 1.54) is 13.2 Å². The molecular weight excluding hydrogens is 567 g/mol. The van der Waals surface area contributed by atoms with Gasteiger partial charge in [-0.3, -0.25) is 4.79 Å². The van der Waals surface area contributed by atoms with Crippen molar-refractivity contribution in [3.63, 3.8) is 0 Å². The zero-order chi connectivity index (χ0) is 29.4. The van der Waals surface area contributed by atoms with Gasteiger partial charge >= 0.3 is 12.2 Å². The zero-order valence-corrected chi connectivity index (χ0v) is 22.0. The highest BCUT2D eigenvalue weighted by Gasteiger charge is 2.51. The van der Waals surface area contributed by atoms with Crippen molar-refractivity contribution in [3.05, 3.63) is 53.6 Å². The summed E-state index contributed by atoms with van der Waals surface area (Å²) in [6, 6.07) is 3.73. The molecule has 1 saturated heterocycles. The average molecular weight is 587 g/mol. The van der Waals surface area contributed by atoms with Crippen LogP contribution in [0.3, 0.4) is 0 Å². The number of aromatic nitrogens is 2. The standard InChI is InChI=1S/C27H19F5N6O2S/c1-3-18(39)37-6-7-38(17-9-16(17)37)25-12-8-14(27(30,31)32)20(21(29)22(12)35-26(36-25)40-2)11-4-5-15(28)23-19(11)13(10-33)24(34)41-23/h3-5,8,16-17H,1,6-7,9,34H2,2H3. The zero-order valence-electron chi connectivity index (χ0n) is 21.2. The number of hydrogen-bond acceptors (Lipinski definition) is 8. The molecule has 1 amide bonds. The topological polar surface area (TPSA) is 108 Å². The summed E-state index contributed by atoms with van der Waals surface area (Å²) >= 11 is 0.688. The monoisotopic (exact) mass is 586 g/mol. The highest BCUT2D eigenvalue weighted by molar-refractivity contribution is 7.23. The fourth-order valence-corrected chi connectivity index (χ4v) is 6.49. The molecule has 2 fully saturated rings. The van der Waals surface area contributed by atoms with Gasteiger partial charge in [-0.1, -0.05) is 12.6 Å². The Morgan fingerprint density at radius 1 is 1.27 bits per heavy atom. The number of nitrogen functional groups attached to an aromatic ring is 1. The number of nitrogens with two attached hydrogens (primary N) is 1. The summed E-state index contributed by atoms with van der Waals surface area (Å²) in [7, 11) is 1.24. The number of fused-ring (bicyclic) bond motifs is 3. The van der Waals surface area contributed by atoms with Crippen molar-refractivity contribution in [2.24, 2.45) is 0 Å². The molecular formula is C27H19F5N6O2S. The molecule has 0 spiro atoms. The summed E-state index contributed by atoms with van der Waals surface area (Å²) in [5, 5.41) is 9.11. The summed E-state index contributed by atoms with van der Waals surface area (Å²) in [6.07, 6.45) is -3.32. The second kappa shape index (κ2) is 9.27. The lowest BCUT2D eigenvalue weighted by molar-refractivity contribution is -0.137. The van der Waals surface area contributed by atoms with Crippen LogP contribution in [-0.2, 0) is 11.0 Å². The van der Waals surface area contributed by atoms with E-state index in [4.69, 9.17) is 10.5 Å². The Bertz CT molecular complexity index is 1830. The van der Waals surface area contributed by atoms with Crippen LogP contribution in [0.4, 0.5) is 32.8 Å². The lowest BCUT2D eigenvalue weighted by Crippen LogP contribution is -2.48. The molecule has 2 N–H and O–H groups in total. The van der Waals surface area contributed by atoms with E-state index in [0.717, 1.165) is 18.2 Å². The average Bonchev–Trinajstić information content (AvgIpc) is 3.67. The van der Waals surface area contributed by atoms with Crippen LogP contribution in [0.1, 0.15) is 17.5 Å². The maximum atomic E-state index is 16.5. The number of ether oxygens (including phenoxy) is 1. The normalized spacial score (nSPS) is 18.4. The molecule has 1 aliphatic carbocycles. The minimum Gasteiger partial charge on any atom is -0.467 e. The minimum atomic E-state index is -5.06. The Kier molecular flexibility index (Phi) is 6.04. The summed E-state index contributed by atoms with van der Waals surface area (Å²) in [5.41, 5.74) is 2.56. The second-order valence-electron chi connectivity index (χ2n) is 9.59. The fourth-order valence-electron chi connectivity index (χ4n) is 5.54. The maximum Gasteiger partial charge on any atom is 0.417 e. The summed E-state index contributed by atoms with van der Waals surface area (Å²) in [5.74, 6) is -2.38. The number of benzene rings is 2. The van der Waals surface area contributed by atoms with Crippen molar-refractivity contribution in [3.8, 4) is 23.2 Å². The Balaban J connectivity index is 1.63. The highest BCUT2D eigenvalue weighted by atomic mass is 32.1. The smallest absolute Gasteiger partial charge is 0.417 e. The van der Waals surface area contributed by atoms with Gasteiger partial charge in [0.25, 0.3) is 0 Å². The number of nitriles is 1. The number of piperazine rings is 1. The van der Waals surface area contributed by atoms with Gasteiger partial charge in [0, 0.05) is 29.4 Å². The number of alkyl halides is 3. The molecule has 0 radical (unpaired) electrons. The number of nitrogens with zero attached hydrogens (tertiary/aromatic N) is 5. The lowest BCUT2D eigenvalue weighted by Gasteiger charge is -2.35. The third-order valence-corrected chi connectivity index (χ3v) is 8.44. The van der Waals surface area contributed by atoms with E-state index < -0.39 is 34.5 Å². The second-order valence-corrected chi connectivity index (χ2v) is 10.6. The van der Waals surface area contributed by atoms with Gasteiger partial charge in [-0.25, -0.2) is 8.78 Å². The van der Waals surface area contributed by atoms with E-state index in [1.54, 1.807) is 15.9 Å². The Labute approximate surface area is 233 Å². The van der Waals surface area contributed by atoms with Crippen LogP contribution in [-0.4, -0.2) is 53.1 Å². The summed E-state index contributed by atoms with van der Waals surface area (Å²) in [4.78, 5) is 23.9. The molecule has 14 heteroatoms. The number of carbonyl (C=O) groups excluding carboxylic acids is 1. The summed E-state index contributed by atoms with van der Waals surface area (Å²) in [6.45, 7) is 3.99. The van der Waals surface area contributed by atoms with Crippen LogP contribution in [0.2, 0.25) is 0 Å². The number of anilines is 2. The number of thiophene rings is 1. The van der Waals surface area contributed by atoms with Gasteiger partial charge in [-0.15, -0.1) is 11.3 Å². The van der Waals surface area contributed by atoms with E-state index in [0.29, 0.717) is 17.8 Å². The van der Waals surface area contributed by atoms with Gasteiger partial charge in [0.05, 0.1) is 35.0 Å². The largest absolute Gasteiger partial charge is 0.467 e. The van der Waals surface area contributed by atoms with E-state index in [2.05, 4.69) is 16.5 Å². The Morgan fingerprint density at radius 3 is 2.68 bits per heavy atom. The highest BCUT2D eigenvalue weighted by Crippen LogP contribution is 2.49. The van der Waals surface area contributed by atoms with Gasteiger partial charge in [0.15, 0.2) is 5.82 Å². The van der Waals surface area contributed by atoms with Gasteiger partial charge < -0.3 is 20.3 Å². The molecule has 2 aliphatic rings. The molecule has 41 heavy (non-hydrogen) atoms.